The van der Waals surface area contributed by atoms with Crippen LogP contribution >= 0.6 is 0 Å². The third kappa shape index (κ3) is 3.98. The van der Waals surface area contributed by atoms with E-state index in [-0.39, 0.29) is 24.5 Å². The second kappa shape index (κ2) is 8.48. The van der Waals surface area contributed by atoms with Crippen LogP contribution in [0.5, 0.6) is 11.5 Å². The largest absolute Gasteiger partial charge is 0.486 e. The molecule has 0 aliphatic heterocycles. The summed E-state index contributed by atoms with van der Waals surface area (Å²) >= 11 is 0. The van der Waals surface area contributed by atoms with Gasteiger partial charge in [0.25, 0.3) is 0 Å². The van der Waals surface area contributed by atoms with Crippen LogP contribution in [0.1, 0.15) is 20.7 Å². The third-order valence-corrected chi connectivity index (χ3v) is 3.17. The van der Waals surface area contributed by atoms with Crippen molar-refractivity contribution < 1.29 is 19.1 Å². The summed E-state index contributed by atoms with van der Waals surface area (Å²) in [5.41, 5.74) is 0.488. The van der Waals surface area contributed by atoms with Crippen LogP contribution in [0.15, 0.2) is 73.8 Å². The van der Waals surface area contributed by atoms with E-state index in [9.17, 15) is 9.59 Å². The minimum atomic E-state index is -0.649. The van der Waals surface area contributed by atoms with E-state index in [1.54, 1.807) is 60.7 Å². The first kappa shape index (κ1) is 17.2. The number of ether oxygens (including phenoxy) is 2. The number of carbonyl (C=O) groups is 2. The van der Waals surface area contributed by atoms with E-state index >= 15 is 0 Å². The summed E-state index contributed by atoms with van der Waals surface area (Å²) in [6.45, 7) is 7.63. The molecule has 0 saturated heterocycles. The zero-order valence-electron chi connectivity index (χ0n) is 13.2. The molecule has 0 amide bonds. The average molecular weight is 322 g/mol. The minimum absolute atomic E-state index is 0.160. The maximum absolute atomic E-state index is 12.6. The molecule has 0 radical (unpaired) electrons. The normalized spacial score (nSPS) is 9.83. The molecule has 0 N–H and O–H groups in total. The van der Waals surface area contributed by atoms with Crippen molar-refractivity contribution in [3.8, 4) is 11.5 Å². The van der Waals surface area contributed by atoms with Gasteiger partial charge in [-0.15, -0.1) is 0 Å². The molecule has 0 aliphatic rings. The molecule has 0 saturated carbocycles. The van der Waals surface area contributed by atoms with Crippen LogP contribution < -0.4 is 9.47 Å². The zero-order chi connectivity index (χ0) is 17.4. The maximum Gasteiger partial charge on any atom is 0.237 e. The summed E-state index contributed by atoms with van der Waals surface area (Å²) in [4.78, 5) is 25.0. The molecule has 0 aliphatic carbocycles. The first-order valence-corrected chi connectivity index (χ1v) is 7.43. The Kier molecular flexibility index (Phi) is 6.08. The van der Waals surface area contributed by atoms with Crippen molar-refractivity contribution in [2.45, 2.75) is 0 Å². The van der Waals surface area contributed by atoms with Gasteiger partial charge in [-0.2, -0.15) is 0 Å². The highest BCUT2D eigenvalue weighted by atomic mass is 16.5. The van der Waals surface area contributed by atoms with Crippen LogP contribution in [0.25, 0.3) is 0 Å². The van der Waals surface area contributed by atoms with Crippen molar-refractivity contribution >= 4 is 11.6 Å². The Morgan fingerprint density at radius 3 is 2.17 bits per heavy atom. The van der Waals surface area contributed by atoms with Gasteiger partial charge in [0, 0.05) is 5.56 Å². The molecule has 4 nitrogen and oxygen atoms in total. The van der Waals surface area contributed by atoms with E-state index in [2.05, 4.69) is 13.2 Å². The fraction of sp³-hybridized carbons (Fsp3) is 0.100. The third-order valence-electron chi connectivity index (χ3n) is 3.17. The number of hydrogen-bond acceptors (Lipinski definition) is 4. The zero-order valence-corrected chi connectivity index (χ0v) is 13.2. The smallest absolute Gasteiger partial charge is 0.237 e. The molecule has 0 aromatic heterocycles. The van der Waals surface area contributed by atoms with Gasteiger partial charge in [-0.1, -0.05) is 61.7 Å². The summed E-state index contributed by atoms with van der Waals surface area (Å²) in [5, 5.41) is 0. The minimum Gasteiger partial charge on any atom is -0.486 e. The molecule has 0 heterocycles. The number of hydrogen-bond donors (Lipinski definition) is 0. The second-order valence-electron chi connectivity index (χ2n) is 4.86. The van der Waals surface area contributed by atoms with E-state index in [0.29, 0.717) is 11.3 Å². The van der Waals surface area contributed by atoms with Crippen molar-refractivity contribution in [3.05, 3.63) is 85.0 Å². The van der Waals surface area contributed by atoms with Gasteiger partial charge in [0.2, 0.25) is 11.6 Å². The Hall–Kier alpha value is -3.14. The van der Waals surface area contributed by atoms with Crippen molar-refractivity contribution in [2.75, 3.05) is 13.2 Å². The Labute approximate surface area is 141 Å². The lowest BCUT2D eigenvalue weighted by Crippen LogP contribution is -2.16. The van der Waals surface area contributed by atoms with Gasteiger partial charge in [0.1, 0.15) is 13.2 Å². The van der Waals surface area contributed by atoms with Gasteiger partial charge >= 0.3 is 0 Å². The van der Waals surface area contributed by atoms with Crippen molar-refractivity contribution in [3.63, 3.8) is 0 Å². The summed E-state index contributed by atoms with van der Waals surface area (Å²) in [5.74, 6) is -0.638. The van der Waals surface area contributed by atoms with Gasteiger partial charge in [-0.25, -0.2) is 0 Å². The number of ketones is 2. The van der Waals surface area contributed by atoms with Crippen LogP contribution in [-0.2, 0) is 0 Å². The Morgan fingerprint density at radius 2 is 1.50 bits per heavy atom. The first-order chi connectivity index (χ1) is 11.7. The van der Waals surface area contributed by atoms with Crippen LogP contribution in [-0.4, -0.2) is 24.8 Å². The van der Waals surface area contributed by atoms with Crippen LogP contribution in [0, 0.1) is 0 Å². The molecular formula is C20H18O4. The lowest BCUT2D eigenvalue weighted by molar-refractivity contribution is 0.0814. The number of carbonyl (C=O) groups excluding carboxylic acids is 2. The maximum atomic E-state index is 12.6. The molecule has 0 spiro atoms. The second-order valence-corrected chi connectivity index (χ2v) is 4.86. The van der Waals surface area contributed by atoms with Crippen molar-refractivity contribution in [1.82, 2.24) is 0 Å². The highest BCUT2D eigenvalue weighted by Crippen LogP contribution is 2.32. The van der Waals surface area contributed by atoms with E-state index in [0.717, 1.165) is 0 Å². The molecular weight excluding hydrogens is 304 g/mol. The van der Waals surface area contributed by atoms with Crippen molar-refractivity contribution in [1.29, 1.82) is 0 Å². The summed E-state index contributed by atoms with van der Waals surface area (Å²) in [6, 6.07) is 13.3. The predicted molar refractivity (Wildman–Crippen MR) is 92.9 cm³/mol. The van der Waals surface area contributed by atoms with Gasteiger partial charge < -0.3 is 9.47 Å². The molecule has 122 valence electrons. The van der Waals surface area contributed by atoms with Gasteiger partial charge in [0.05, 0.1) is 5.56 Å². The van der Waals surface area contributed by atoms with Gasteiger partial charge in [0.15, 0.2) is 11.5 Å². The lowest BCUT2D eigenvalue weighted by atomic mass is 10.0. The van der Waals surface area contributed by atoms with Gasteiger partial charge in [-0.05, 0) is 12.1 Å². The van der Waals surface area contributed by atoms with Crippen LogP contribution in [0.4, 0.5) is 0 Å². The topological polar surface area (TPSA) is 52.6 Å². The number of rotatable bonds is 9. The fourth-order valence-electron chi connectivity index (χ4n) is 2.09. The monoisotopic (exact) mass is 322 g/mol. The summed E-state index contributed by atoms with van der Waals surface area (Å²) < 4.78 is 11.1. The highest BCUT2D eigenvalue weighted by Gasteiger charge is 2.24. The van der Waals surface area contributed by atoms with E-state index in [1.165, 1.54) is 0 Å². The average Bonchev–Trinajstić information content (AvgIpc) is 2.64. The molecule has 0 atom stereocenters. The molecule has 2 aromatic rings. The molecule has 0 bridgehead atoms. The van der Waals surface area contributed by atoms with E-state index in [4.69, 9.17) is 9.47 Å². The lowest BCUT2D eigenvalue weighted by Gasteiger charge is -2.14. The van der Waals surface area contributed by atoms with E-state index in [1.807, 2.05) is 0 Å². The van der Waals surface area contributed by atoms with Crippen molar-refractivity contribution in [2.24, 2.45) is 0 Å². The predicted octanol–water partition coefficient (Wildman–Crippen LogP) is 3.88. The molecule has 2 aromatic carbocycles. The van der Waals surface area contributed by atoms with Crippen LogP contribution in [0.3, 0.4) is 0 Å². The molecule has 0 fully saturated rings. The summed E-state index contributed by atoms with van der Waals surface area (Å²) in [7, 11) is 0. The standard InChI is InChI=1S/C20H18O4/c1-3-13-23-17-12-8-11-16(20(17)24-14-4-2)19(22)18(21)15-9-6-5-7-10-15/h3-12H,1-2,13-14H2. The fourth-order valence-corrected chi connectivity index (χ4v) is 2.09. The SMILES string of the molecule is C=CCOc1cccc(C(=O)C(=O)c2ccccc2)c1OCC=C. The van der Waals surface area contributed by atoms with Crippen LogP contribution in [0.2, 0.25) is 0 Å². The molecule has 0 unspecified atom stereocenters. The van der Waals surface area contributed by atoms with E-state index < -0.39 is 11.6 Å². The quantitative estimate of drug-likeness (QED) is 0.399. The highest BCUT2D eigenvalue weighted by molar-refractivity contribution is 6.49. The first-order valence-electron chi connectivity index (χ1n) is 7.43. The van der Waals surface area contributed by atoms with Gasteiger partial charge in [-0.3, -0.25) is 9.59 Å². The number of Topliss-reactive ketones (excluding diaryl/α,β-unsaturated/α-hetero) is 2. The summed E-state index contributed by atoms with van der Waals surface area (Å²) in [6.07, 6.45) is 3.14. The Bertz CT molecular complexity index is 747. The Morgan fingerprint density at radius 1 is 0.833 bits per heavy atom. The number of para-hydroxylation sites is 1. The molecule has 24 heavy (non-hydrogen) atoms. The Balaban J connectivity index is 2.40. The molecule has 4 heteroatoms. The molecule has 2 rings (SSSR count). The number of benzene rings is 2.